The average Bonchev–Trinajstić information content (AvgIpc) is 2.34. The van der Waals surface area contributed by atoms with E-state index in [9.17, 15) is 0 Å². The van der Waals surface area contributed by atoms with Gasteiger partial charge in [-0.15, -0.1) is 0 Å². The second-order valence-corrected chi connectivity index (χ2v) is 5.18. The molecule has 0 radical (unpaired) electrons. The number of hydrogen-bond donors (Lipinski definition) is 1. The Morgan fingerprint density at radius 2 is 2.00 bits per heavy atom. The van der Waals surface area contributed by atoms with Crippen molar-refractivity contribution in [3.8, 4) is 5.75 Å². The first-order chi connectivity index (χ1) is 8.61. The van der Waals surface area contributed by atoms with Crippen molar-refractivity contribution in [3.05, 3.63) is 29.8 Å². The predicted octanol–water partition coefficient (Wildman–Crippen LogP) is 3.79. The number of aryl methyl sites for hydroxylation is 1. The monoisotopic (exact) mass is 249 g/mol. The summed E-state index contributed by atoms with van der Waals surface area (Å²) in [7, 11) is 0. The van der Waals surface area contributed by atoms with Crippen molar-refractivity contribution in [2.45, 2.75) is 59.1 Å². The van der Waals surface area contributed by atoms with Gasteiger partial charge in [0.25, 0.3) is 0 Å². The molecule has 1 atom stereocenters. The van der Waals surface area contributed by atoms with Gasteiger partial charge >= 0.3 is 0 Å². The molecule has 2 nitrogen and oxygen atoms in total. The summed E-state index contributed by atoms with van der Waals surface area (Å²) in [6.07, 6.45) is 3.60. The van der Waals surface area contributed by atoms with Gasteiger partial charge in [-0.2, -0.15) is 0 Å². The summed E-state index contributed by atoms with van der Waals surface area (Å²) in [5, 5.41) is 3.43. The van der Waals surface area contributed by atoms with Gasteiger partial charge in [0, 0.05) is 6.04 Å². The summed E-state index contributed by atoms with van der Waals surface area (Å²) < 4.78 is 5.94. The zero-order valence-electron chi connectivity index (χ0n) is 12.2. The van der Waals surface area contributed by atoms with E-state index in [1.54, 1.807) is 0 Å². The van der Waals surface area contributed by atoms with E-state index in [4.69, 9.17) is 4.74 Å². The Morgan fingerprint density at radius 1 is 1.22 bits per heavy atom. The molecule has 0 aliphatic heterocycles. The van der Waals surface area contributed by atoms with E-state index in [2.05, 4.69) is 51.2 Å². The molecule has 1 aromatic rings. The van der Waals surface area contributed by atoms with Crippen LogP contribution >= 0.6 is 0 Å². The molecule has 0 aliphatic carbocycles. The van der Waals surface area contributed by atoms with E-state index < -0.39 is 0 Å². The highest BCUT2D eigenvalue weighted by Crippen LogP contribution is 2.16. The molecule has 0 aromatic heterocycles. The molecular weight excluding hydrogens is 222 g/mol. The second kappa shape index (κ2) is 8.15. The minimum absolute atomic E-state index is 0.283. The fourth-order valence-electron chi connectivity index (χ4n) is 1.91. The van der Waals surface area contributed by atoms with E-state index in [-0.39, 0.29) is 6.10 Å². The summed E-state index contributed by atoms with van der Waals surface area (Å²) in [5.74, 6) is 0.999. The summed E-state index contributed by atoms with van der Waals surface area (Å²) in [5.41, 5.74) is 1.33. The van der Waals surface area contributed by atoms with Crippen molar-refractivity contribution >= 4 is 0 Å². The standard InChI is InChI=1S/C16H27NO/c1-5-15-9-6-10-16(12-15)18-14(4)8-7-11-17-13(2)3/h6,9-10,12-14,17H,5,7-8,11H2,1-4H3. The molecule has 0 spiro atoms. The van der Waals surface area contributed by atoms with Crippen LogP contribution in [-0.2, 0) is 6.42 Å². The average molecular weight is 249 g/mol. The van der Waals surface area contributed by atoms with Crippen LogP contribution in [0.15, 0.2) is 24.3 Å². The lowest BCUT2D eigenvalue weighted by molar-refractivity contribution is 0.207. The molecule has 0 amide bonds. The zero-order valence-corrected chi connectivity index (χ0v) is 12.2. The van der Waals surface area contributed by atoms with E-state index in [0.717, 1.165) is 31.6 Å². The largest absolute Gasteiger partial charge is 0.491 e. The first kappa shape index (κ1) is 15.0. The normalized spacial score (nSPS) is 12.7. The first-order valence-corrected chi connectivity index (χ1v) is 7.10. The highest BCUT2D eigenvalue weighted by Gasteiger charge is 2.04. The van der Waals surface area contributed by atoms with Gasteiger partial charge in [0.1, 0.15) is 5.75 Å². The van der Waals surface area contributed by atoms with Crippen LogP contribution in [0.3, 0.4) is 0 Å². The minimum Gasteiger partial charge on any atom is -0.491 e. The Balaban J connectivity index is 2.28. The van der Waals surface area contributed by atoms with Crippen LogP contribution in [0.2, 0.25) is 0 Å². The molecule has 0 saturated carbocycles. The Morgan fingerprint density at radius 3 is 2.67 bits per heavy atom. The van der Waals surface area contributed by atoms with Gasteiger partial charge in [-0.1, -0.05) is 32.9 Å². The zero-order chi connectivity index (χ0) is 13.4. The van der Waals surface area contributed by atoms with Gasteiger partial charge in [0.05, 0.1) is 6.10 Å². The summed E-state index contributed by atoms with van der Waals surface area (Å²) >= 11 is 0. The fraction of sp³-hybridized carbons (Fsp3) is 0.625. The molecular formula is C16H27NO. The molecule has 1 aromatic carbocycles. The van der Waals surface area contributed by atoms with Crippen LogP contribution in [0.4, 0.5) is 0 Å². The third-order valence-electron chi connectivity index (χ3n) is 2.98. The topological polar surface area (TPSA) is 21.3 Å². The molecule has 1 N–H and O–H groups in total. The first-order valence-electron chi connectivity index (χ1n) is 7.10. The third kappa shape index (κ3) is 6.06. The van der Waals surface area contributed by atoms with Gasteiger partial charge in [-0.05, 0) is 50.4 Å². The van der Waals surface area contributed by atoms with Crippen LogP contribution in [0, 0.1) is 0 Å². The Bertz CT molecular complexity index is 336. The molecule has 2 heteroatoms. The lowest BCUT2D eigenvalue weighted by Crippen LogP contribution is -2.25. The minimum atomic E-state index is 0.283. The summed E-state index contributed by atoms with van der Waals surface area (Å²) in [4.78, 5) is 0. The van der Waals surface area contributed by atoms with Crippen LogP contribution in [0.5, 0.6) is 5.75 Å². The lowest BCUT2D eigenvalue weighted by atomic mass is 10.1. The molecule has 1 unspecified atom stereocenters. The lowest BCUT2D eigenvalue weighted by Gasteiger charge is -2.16. The molecule has 0 fully saturated rings. The number of nitrogens with one attached hydrogen (secondary N) is 1. The number of benzene rings is 1. The SMILES string of the molecule is CCc1cccc(OC(C)CCCNC(C)C)c1. The number of ether oxygens (including phenoxy) is 1. The van der Waals surface area contributed by atoms with Gasteiger partial charge in [-0.25, -0.2) is 0 Å². The van der Waals surface area contributed by atoms with Crippen molar-refractivity contribution < 1.29 is 4.74 Å². The highest BCUT2D eigenvalue weighted by atomic mass is 16.5. The fourth-order valence-corrected chi connectivity index (χ4v) is 1.91. The molecule has 0 aliphatic rings. The Labute approximate surface area is 112 Å². The molecule has 0 saturated heterocycles. The smallest absolute Gasteiger partial charge is 0.119 e. The van der Waals surface area contributed by atoms with Gasteiger partial charge in [0.2, 0.25) is 0 Å². The van der Waals surface area contributed by atoms with Crippen molar-refractivity contribution in [2.24, 2.45) is 0 Å². The second-order valence-electron chi connectivity index (χ2n) is 5.18. The number of hydrogen-bond acceptors (Lipinski definition) is 2. The van der Waals surface area contributed by atoms with Crippen LogP contribution in [-0.4, -0.2) is 18.7 Å². The van der Waals surface area contributed by atoms with E-state index in [0.29, 0.717) is 6.04 Å². The van der Waals surface area contributed by atoms with Crippen molar-refractivity contribution in [2.75, 3.05) is 6.54 Å². The molecule has 1 rings (SSSR count). The summed E-state index contributed by atoms with van der Waals surface area (Å²) in [6.45, 7) is 9.74. The maximum absolute atomic E-state index is 5.94. The van der Waals surface area contributed by atoms with Gasteiger partial charge < -0.3 is 10.1 Å². The van der Waals surface area contributed by atoms with Crippen molar-refractivity contribution in [3.63, 3.8) is 0 Å². The van der Waals surface area contributed by atoms with E-state index in [1.165, 1.54) is 5.56 Å². The van der Waals surface area contributed by atoms with Gasteiger partial charge in [-0.3, -0.25) is 0 Å². The Hall–Kier alpha value is -1.02. The maximum atomic E-state index is 5.94. The molecule has 0 heterocycles. The van der Waals surface area contributed by atoms with E-state index in [1.807, 2.05) is 6.07 Å². The number of rotatable bonds is 8. The Kier molecular flexibility index (Phi) is 6.81. The van der Waals surface area contributed by atoms with Crippen molar-refractivity contribution in [1.82, 2.24) is 5.32 Å². The van der Waals surface area contributed by atoms with Crippen LogP contribution in [0.1, 0.15) is 46.1 Å². The molecule has 18 heavy (non-hydrogen) atoms. The predicted molar refractivity (Wildman–Crippen MR) is 78.3 cm³/mol. The van der Waals surface area contributed by atoms with Crippen molar-refractivity contribution in [1.29, 1.82) is 0 Å². The van der Waals surface area contributed by atoms with E-state index >= 15 is 0 Å². The molecule has 0 bridgehead atoms. The highest BCUT2D eigenvalue weighted by molar-refractivity contribution is 5.28. The van der Waals surface area contributed by atoms with Crippen LogP contribution in [0.25, 0.3) is 0 Å². The summed E-state index contributed by atoms with van der Waals surface area (Å²) in [6, 6.07) is 8.97. The van der Waals surface area contributed by atoms with Gasteiger partial charge in [0.15, 0.2) is 0 Å². The third-order valence-corrected chi connectivity index (χ3v) is 2.98. The quantitative estimate of drug-likeness (QED) is 0.708. The maximum Gasteiger partial charge on any atom is 0.119 e. The molecule has 102 valence electrons. The van der Waals surface area contributed by atoms with Crippen LogP contribution < -0.4 is 10.1 Å².